The second-order valence-electron chi connectivity index (χ2n) is 10.7. The first-order valence-electron chi connectivity index (χ1n) is 12.4. The number of rotatable bonds is 5. The largest absolute Gasteiger partial charge is 0.330 e. The predicted molar refractivity (Wildman–Crippen MR) is 147 cm³/mol. The fourth-order valence-corrected chi connectivity index (χ4v) is 6.31. The monoisotopic (exact) mass is 540 g/mol. The van der Waals surface area contributed by atoms with Gasteiger partial charge in [0.1, 0.15) is 6.54 Å². The SMILES string of the molecule is CC(C)(C)c1ccc(C2c3ccsc3CCN2C(=O)CN(C(=O)c2ccc(Cl)cc2Cl)C2CC2)cc1. The Hall–Kier alpha value is -2.34. The van der Waals surface area contributed by atoms with Crippen molar-refractivity contribution < 1.29 is 9.59 Å². The van der Waals surface area contributed by atoms with Gasteiger partial charge in [0.2, 0.25) is 5.91 Å². The van der Waals surface area contributed by atoms with Crippen molar-refractivity contribution in [2.24, 2.45) is 0 Å². The molecule has 1 unspecified atom stereocenters. The Bertz CT molecular complexity index is 1290. The van der Waals surface area contributed by atoms with Gasteiger partial charge in [0.05, 0.1) is 16.6 Å². The summed E-state index contributed by atoms with van der Waals surface area (Å²) < 4.78 is 0. The fraction of sp³-hybridized carbons (Fsp3) is 0.379. The lowest BCUT2D eigenvalue weighted by Gasteiger charge is -2.38. The molecule has 2 aliphatic rings. The quantitative estimate of drug-likeness (QED) is 0.345. The van der Waals surface area contributed by atoms with Crippen molar-refractivity contribution >= 4 is 46.4 Å². The third-order valence-corrected chi connectivity index (χ3v) is 8.64. The highest BCUT2D eigenvalue weighted by atomic mass is 35.5. The van der Waals surface area contributed by atoms with E-state index in [2.05, 4.69) is 56.5 Å². The van der Waals surface area contributed by atoms with Gasteiger partial charge in [-0.15, -0.1) is 11.3 Å². The molecule has 0 bridgehead atoms. The van der Waals surface area contributed by atoms with Crippen molar-refractivity contribution in [2.75, 3.05) is 13.1 Å². The van der Waals surface area contributed by atoms with Gasteiger partial charge in [-0.2, -0.15) is 0 Å². The average molecular weight is 542 g/mol. The number of amides is 2. The summed E-state index contributed by atoms with van der Waals surface area (Å²) in [7, 11) is 0. The number of nitrogens with zero attached hydrogens (tertiary/aromatic N) is 2. The average Bonchev–Trinajstić information content (AvgIpc) is 3.56. The zero-order valence-corrected chi connectivity index (χ0v) is 23.1. The number of fused-ring (bicyclic) bond motifs is 1. The standard InChI is InChI=1S/C29H30Cl2N2O2S/c1-29(2,3)19-6-4-18(5-7-19)27-23-13-15-36-25(23)12-14-32(27)26(34)17-33(21-9-10-21)28(35)22-11-8-20(30)16-24(22)31/h4-8,11,13,15-16,21,27H,9-10,12,14,17H2,1-3H3. The second kappa shape index (κ2) is 9.85. The molecular formula is C29H30Cl2N2O2S. The maximum Gasteiger partial charge on any atom is 0.256 e. The highest BCUT2D eigenvalue weighted by molar-refractivity contribution is 7.10. The Balaban J connectivity index is 1.43. The van der Waals surface area contributed by atoms with E-state index in [-0.39, 0.29) is 35.9 Å². The summed E-state index contributed by atoms with van der Waals surface area (Å²) in [5.41, 5.74) is 3.99. The molecule has 4 nitrogen and oxygen atoms in total. The highest BCUT2D eigenvalue weighted by Crippen LogP contribution is 2.39. The lowest BCUT2D eigenvalue weighted by atomic mass is 9.85. The van der Waals surface area contributed by atoms with Gasteiger partial charge in [0.25, 0.3) is 5.91 Å². The first kappa shape index (κ1) is 25.3. The number of carbonyl (C=O) groups excluding carboxylic acids is 2. The number of thiophene rings is 1. The summed E-state index contributed by atoms with van der Waals surface area (Å²) in [6.45, 7) is 7.27. The second-order valence-corrected chi connectivity index (χ2v) is 12.5. The van der Waals surface area contributed by atoms with E-state index in [4.69, 9.17) is 23.2 Å². The van der Waals surface area contributed by atoms with E-state index in [1.165, 1.54) is 16.0 Å². The molecule has 36 heavy (non-hydrogen) atoms. The molecule has 0 N–H and O–H groups in total. The summed E-state index contributed by atoms with van der Waals surface area (Å²) in [4.78, 5) is 32.3. The van der Waals surface area contributed by atoms with Gasteiger partial charge >= 0.3 is 0 Å². The van der Waals surface area contributed by atoms with Crippen molar-refractivity contribution in [3.8, 4) is 0 Å². The summed E-state index contributed by atoms with van der Waals surface area (Å²) in [5.74, 6) is -0.256. The van der Waals surface area contributed by atoms with Crippen LogP contribution in [0.25, 0.3) is 0 Å². The molecule has 2 aromatic carbocycles. The van der Waals surface area contributed by atoms with Crippen molar-refractivity contribution in [1.82, 2.24) is 9.80 Å². The molecule has 1 atom stereocenters. The van der Waals surface area contributed by atoms with Crippen LogP contribution >= 0.6 is 34.5 Å². The van der Waals surface area contributed by atoms with Crippen LogP contribution in [-0.4, -0.2) is 40.7 Å². The Morgan fingerprint density at radius 2 is 1.78 bits per heavy atom. The van der Waals surface area contributed by atoms with Crippen LogP contribution in [0, 0.1) is 0 Å². The first-order valence-corrected chi connectivity index (χ1v) is 14.0. The van der Waals surface area contributed by atoms with Crippen LogP contribution in [0.15, 0.2) is 53.9 Å². The van der Waals surface area contributed by atoms with Crippen molar-refractivity contribution in [3.05, 3.63) is 91.1 Å². The third-order valence-electron chi connectivity index (χ3n) is 7.09. The van der Waals surface area contributed by atoms with Gasteiger partial charge < -0.3 is 9.80 Å². The molecule has 1 saturated carbocycles. The molecule has 7 heteroatoms. The normalized spacial score (nSPS) is 17.6. The fourth-order valence-electron chi connectivity index (χ4n) is 4.92. The molecule has 5 rings (SSSR count). The molecule has 2 heterocycles. The van der Waals surface area contributed by atoms with Crippen LogP contribution in [-0.2, 0) is 16.6 Å². The topological polar surface area (TPSA) is 40.6 Å². The Kier molecular flexibility index (Phi) is 6.92. The van der Waals surface area contributed by atoms with Crippen LogP contribution in [0.4, 0.5) is 0 Å². The number of carbonyl (C=O) groups is 2. The lowest BCUT2D eigenvalue weighted by Crippen LogP contribution is -2.47. The van der Waals surface area contributed by atoms with Crippen LogP contribution in [0.3, 0.4) is 0 Å². The van der Waals surface area contributed by atoms with E-state index >= 15 is 0 Å². The van der Waals surface area contributed by atoms with Gasteiger partial charge in [-0.25, -0.2) is 0 Å². The number of halogens is 2. The smallest absolute Gasteiger partial charge is 0.256 e. The van der Waals surface area contributed by atoms with E-state index < -0.39 is 0 Å². The van der Waals surface area contributed by atoms with Gasteiger partial charge in [-0.3, -0.25) is 9.59 Å². The molecule has 188 valence electrons. The van der Waals surface area contributed by atoms with Crippen LogP contribution in [0.5, 0.6) is 0 Å². The molecular weight excluding hydrogens is 511 g/mol. The van der Waals surface area contributed by atoms with Gasteiger partial charge in [0, 0.05) is 22.5 Å². The summed E-state index contributed by atoms with van der Waals surface area (Å²) in [6, 6.07) is 15.6. The van der Waals surface area contributed by atoms with Crippen molar-refractivity contribution in [3.63, 3.8) is 0 Å². The molecule has 1 fully saturated rings. The Morgan fingerprint density at radius 3 is 2.42 bits per heavy atom. The zero-order chi connectivity index (χ0) is 25.6. The molecule has 1 aliphatic carbocycles. The van der Waals surface area contributed by atoms with E-state index in [9.17, 15) is 9.59 Å². The number of benzene rings is 2. The van der Waals surface area contributed by atoms with Gasteiger partial charge in [-0.1, -0.05) is 68.2 Å². The molecule has 1 aromatic heterocycles. The van der Waals surface area contributed by atoms with E-state index in [0.717, 1.165) is 24.8 Å². The minimum absolute atomic E-state index is 0.0397. The lowest BCUT2D eigenvalue weighted by molar-refractivity contribution is -0.134. The molecule has 0 spiro atoms. The van der Waals surface area contributed by atoms with E-state index in [1.54, 1.807) is 34.4 Å². The summed E-state index contributed by atoms with van der Waals surface area (Å²) in [6.07, 6.45) is 2.63. The first-order chi connectivity index (χ1) is 17.1. The summed E-state index contributed by atoms with van der Waals surface area (Å²) >= 11 is 14.1. The summed E-state index contributed by atoms with van der Waals surface area (Å²) in [5, 5.41) is 2.90. The predicted octanol–water partition coefficient (Wildman–Crippen LogP) is 7.13. The maximum atomic E-state index is 13.8. The molecule has 1 aliphatic heterocycles. The van der Waals surface area contributed by atoms with Crippen molar-refractivity contribution in [1.29, 1.82) is 0 Å². The van der Waals surface area contributed by atoms with Crippen molar-refractivity contribution in [2.45, 2.75) is 57.5 Å². The van der Waals surface area contributed by atoms with Crippen LogP contribution in [0.2, 0.25) is 10.0 Å². The number of hydrogen-bond donors (Lipinski definition) is 0. The van der Waals surface area contributed by atoms with Crippen LogP contribution < -0.4 is 0 Å². The zero-order valence-electron chi connectivity index (χ0n) is 20.8. The Labute approximate surface area is 226 Å². The minimum Gasteiger partial charge on any atom is -0.330 e. The van der Waals surface area contributed by atoms with Crippen LogP contribution in [0.1, 0.15) is 71.6 Å². The maximum absolute atomic E-state index is 13.8. The molecule has 3 aromatic rings. The Morgan fingerprint density at radius 1 is 1.06 bits per heavy atom. The van der Waals surface area contributed by atoms with Gasteiger partial charge in [-0.05, 0) is 71.0 Å². The van der Waals surface area contributed by atoms with E-state index in [1.807, 2.05) is 4.90 Å². The van der Waals surface area contributed by atoms with Gasteiger partial charge in [0.15, 0.2) is 0 Å². The molecule has 0 radical (unpaired) electrons. The number of hydrogen-bond acceptors (Lipinski definition) is 3. The molecule has 0 saturated heterocycles. The van der Waals surface area contributed by atoms with E-state index in [0.29, 0.717) is 22.2 Å². The minimum atomic E-state index is -0.216. The molecule has 2 amide bonds. The highest BCUT2D eigenvalue weighted by Gasteiger charge is 2.39. The third kappa shape index (κ3) is 5.06.